The van der Waals surface area contributed by atoms with Gasteiger partial charge in [-0.05, 0) is 38.3 Å². The van der Waals surface area contributed by atoms with Gasteiger partial charge in [0.15, 0.2) is 5.16 Å². The van der Waals surface area contributed by atoms with Crippen LogP contribution in [0.3, 0.4) is 0 Å². The fraction of sp³-hybridized carbons (Fsp3) is 0.350. The van der Waals surface area contributed by atoms with Crippen LogP contribution in [0.15, 0.2) is 34.2 Å². The lowest BCUT2D eigenvalue weighted by molar-refractivity contribution is -0.117. The molecule has 1 aromatic carbocycles. The third-order valence-corrected chi connectivity index (χ3v) is 7.02. The Balaban J connectivity index is 2.18. The number of fused-ring (bicyclic) bond motifs is 1. The second kappa shape index (κ2) is 7.86. The van der Waals surface area contributed by atoms with Crippen LogP contribution < -0.4 is 11.3 Å². The van der Waals surface area contributed by atoms with Gasteiger partial charge >= 0.3 is 0 Å². The average molecular weight is 402 g/mol. The van der Waals surface area contributed by atoms with Gasteiger partial charge in [0.2, 0.25) is 5.91 Å². The summed E-state index contributed by atoms with van der Waals surface area (Å²) < 4.78 is 1.66. The Morgan fingerprint density at radius 1 is 1.30 bits per heavy atom. The lowest BCUT2D eigenvalue weighted by Gasteiger charge is -2.14. The number of thioether (sulfide) groups is 1. The van der Waals surface area contributed by atoms with Gasteiger partial charge in [-0.3, -0.25) is 14.2 Å². The molecule has 1 atom stereocenters. The molecule has 0 fully saturated rings. The molecular weight excluding hydrogens is 378 g/mol. The molecule has 5 nitrogen and oxygen atoms in total. The fourth-order valence-electron chi connectivity index (χ4n) is 2.90. The Bertz CT molecular complexity index is 1050. The van der Waals surface area contributed by atoms with Crippen LogP contribution in [0.4, 0.5) is 0 Å². The van der Waals surface area contributed by atoms with Crippen molar-refractivity contribution in [1.82, 2.24) is 9.55 Å². The second-order valence-electron chi connectivity index (χ2n) is 6.62. The number of benzene rings is 1. The minimum absolute atomic E-state index is 0.0619. The van der Waals surface area contributed by atoms with Crippen LogP contribution in [-0.4, -0.2) is 20.7 Å². The van der Waals surface area contributed by atoms with Gasteiger partial charge in [-0.15, -0.1) is 11.3 Å². The molecule has 0 radical (unpaired) electrons. The monoisotopic (exact) mass is 401 g/mol. The van der Waals surface area contributed by atoms with Gasteiger partial charge in [-0.1, -0.05) is 48.5 Å². The van der Waals surface area contributed by atoms with E-state index < -0.39 is 11.2 Å². The maximum atomic E-state index is 13.3. The second-order valence-corrected chi connectivity index (χ2v) is 9.01. The van der Waals surface area contributed by atoms with Crippen LogP contribution in [-0.2, 0) is 17.8 Å². The molecule has 1 unspecified atom stereocenters. The standard InChI is InChI=1S/C20H23N3O2S2/c1-5-15-12(3)16-18(27-15)22-20(26-13(4)17(21)24)23(19(16)25)10-14-8-6-11(2)7-9-14/h6-9,13H,5,10H2,1-4H3,(H2,21,24). The molecule has 2 aromatic heterocycles. The number of amides is 1. The number of hydrogen-bond donors (Lipinski definition) is 1. The van der Waals surface area contributed by atoms with E-state index in [9.17, 15) is 9.59 Å². The zero-order valence-electron chi connectivity index (χ0n) is 15.9. The number of carbonyl (C=O) groups is 1. The van der Waals surface area contributed by atoms with Crippen molar-refractivity contribution in [3.05, 3.63) is 56.2 Å². The number of primary amides is 1. The smallest absolute Gasteiger partial charge is 0.263 e. The average Bonchev–Trinajstić information content (AvgIpc) is 2.95. The maximum Gasteiger partial charge on any atom is 0.263 e. The van der Waals surface area contributed by atoms with Crippen LogP contribution >= 0.6 is 23.1 Å². The Morgan fingerprint density at radius 2 is 1.96 bits per heavy atom. The predicted molar refractivity (Wildman–Crippen MR) is 113 cm³/mol. The van der Waals surface area contributed by atoms with Gasteiger partial charge in [0.05, 0.1) is 17.2 Å². The molecule has 0 aliphatic carbocycles. The highest BCUT2D eigenvalue weighted by Crippen LogP contribution is 2.30. The highest BCUT2D eigenvalue weighted by Gasteiger charge is 2.21. The van der Waals surface area contributed by atoms with Gasteiger partial charge in [0.25, 0.3) is 5.56 Å². The van der Waals surface area contributed by atoms with Crippen molar-refractivity contribution in [1.29, 1.82) is 0 Å². The molecule has 2 N–H and O–H groups in total. The summed E-state index contributed by atoms with van der Waals surface area (Å²) in [5.74, 6) is -0.423. The van der Waals surface area contributed by atoms with E-state index in [1.807, 2.05) is 38.1 Å². The number of rotatable bonds is 6. The molecule has 0 aliphatic rings. The molecular formula is C20H23N3O2S2. The van der Waals surface area contributed by atoms with Crippen molar-refractivity contribution in [2.45, 2.75) is 51.1 Å². The Kier molecular flexibility index (Phi) is 5.72. The normalized spacial score (nSPS) is 12.4. The molecule has 142 valence electrons. The lowest BCUT2D eigenvalue weighted by atomic mass is 10.1. The summed E-state index contributed by atoms with van der Waals surface area (Å²) in [6.07, 6.45) is 0.866. The van der Waals surface area contributed by atoms with E-state index in [1.54, 1.807) is 22.8 Å². The van der Waals surface area contributed by atoms with Crippen LogP contribution in [0.5, 0.6) is 0 Å². The zero-order chi connectivity index (χ0) is 19.7. The zero-order valence-corrected chi connectivity index (χ0v) is 17.5. The number of hydrogen-bond acceptors (Lipinski definition) is 5. The molecule has 0 saturated carbocycles. The van der Waals surface area contributed by atoms with Crippen LogP contribution in [0.1, 0.15) is 35.4 Å². The summed E-state index contributed by atoms with van der Waals surface area (Å²) in [4.78, 5) is 31.5. The highest BCUT2D eigenvalue weighted by molar-refractivity contribution is 8.00. The van der Waals surface area contributed by atoms with Crippen molar-refractivity contribution in [2.75, 3.05) is 0 Å². The summed E-state index contributed by atoms with van der Waals surface area (Å²) in [6, 6.07) is 8.07. The Morgan fingerprint density at radius 3 is 2.56 bits per heavy atom. The molecule has 0 bridgehead atoms. The van der Waals surface area contributed by atoms with Gasteiger partial charge in [-0.25, -0.2) is 4.98 Å². The van der Waals surface area contributed by atoms with Crippen molar-refractivity contribution in [2.24, 2.45) is 5.73 Å². The van der Waals surface area contributed by atoms with Crippen molar-refractivity contribution < 1.29 is 4.79 Å². The maximum absolute atomic E-state index is 13.3. The lowest BCUT2D eigenvalue weighted by Crippen LogP contribution is -2.27. The topological polar surface area (TPSA) is 78.0 Å². The molecule has 2 heterocycles. The Labute approximate surface area is 166 Å². The van der Waals surface area contributed by atoms with Gasteiger partial charge in [0.1, 0.15) is 4.83 Å². The van der Waals surface area contributed by atoms with E-state index in [0.717, 1.165) is 27.9 Å². The van der Waals surface area contributed by atoms with Crippen LogP contribution in [0, 0.1) is 13.8 Å². The molecule has 3 aromatic rings. The minimum Gasteiger partial charge on any atom is -0.369 e. The number of nitrogens with two attached hydrogens (primary N) is 1. The van der Waals surface area contributed by atoms with Crippen LogP contribution in [0.25, 0.3) is 10.2 Å². The largest absolute Gasteiger partial charge is 0.369 e. The van der Waals surface area contributed by atoms with Gasteiger partial charge < -0.3 is 5.73 Å². The summed E-state index contributed by atoms with van der Waals surface area (Å²) >= 11 is 2.79. The predicted octanol–water partition coefficient (Wildman–Crippen LogP) is 3.65. The third kappa shape index (κ3) is 3.94. The van der Waals surface area contributed by atoms with Crippen molar-refractivity contribution in [3.8, 4) is 0 Å². The summed E-state index contributed by atoms with van der Waals surface area (Å²) in [5.41, 5.74) is 8.56. The molecule has 0 spiro atoms. The first-order valence-electron chi connectivity index (χ1n) is 8.86. The van der Waals surface area contributed by atoms with E-state index >= 15 is 0 Å². The van der Waals surface area contributed by atoms with E-state index in [4.69, 9.17) is 10.7 Å². The minimum atomic E-state index is -0.467. The number of nitrogens with zero attached hydrogens (tertiary/aromatic N) is 2. The molecule has 0 saturated heterocycles. The summed E-state index contributed by atoms with van der Waals surface area (Å²) in [7, 11) is 0. The molecule has 3 rings (SSSR count). The number of carbonyl (C=O) groups excluding carboxylic acids is 1. The van der Waals surface area contributed by atoms with E-state index in [-0.39, 0.29) is 5.56 Å². The van der Waals surface area contributed by atoms with E-state index in [2.05, 4.69) is 6.92 Å². The SMILES string of the molecule is CCc1sc2nc(SC(C)C(N)=O)n(Cc3ccc(C)cc3)c(=O)c2c1C. The number of thiophene rings is 1. The van der Waals surface area contributed by atoms with E-state index in [1.165, 1.54) is 16.6 Å². The molecule has 0 aliphatic heterocycles. The molecule has 7 heteroatoms. The third-order valence-electron chi connectivity index (χ3n) is 4.58. The van der Waals surface area contributed by atoms with Gasteiger partial charge in [-0.2, -0.15) is 0 Å². The number of aryl methyl sites for hydroxylation is 3. The van der Waals surface area contributed by atoms with E-state index in [0.29, 0.717) is 17.1 Å². The first kappa shape index (κ1) is 19.6. The quantitative estimate of drug-likeness (QED) is 0.505. The number of aromatic nitrogens is 2. The van der Waals surface area contributed by atoms with Crippen LogP contribution in [0.2, 0.25) is 0 Å². The summed E-state index contributed by atoms with van der Waals surface area (Å²) in [6.45, 7) is 8.23. The molecule has 27 heavy (non-hydrogen) atoms. The Hall–Kier alpha value is -2.12. The van der Waals surface area contributed by atoms with Gasteiger partial charge in [0, 0.05) is 4.88 Å². The van der Waals surface area contributed by atoms with Crippen molar-refractivity contribution in [3.63, 3.8) is 0 Å². The first-order chi connectivity index (χ1) is 12.8. The fourth-order valence-corrected chi connectivity index (χ4v) is 4.92. The summed E-state index contributed by atoms with van der Waals surface area (Å²) in [5, 5.41) is 0.744. The molecule has 1 amide bonds. The van der Waals surface area contributed by atoms with Crippen molar-refractivity contribution >= 4 is 39.2 Å². The first-order valence-corrected chi connectivity index (χ1v) is 10.6. The highest BCUT2D eigenvalue weighted by atomic mass is 32.2.